The first-order valence-electron chi connectivity index (χ1n) is 8.25. The van der Waals surface area contributed by atoms with Crippen LogP contribution in [0.1, 0.15) is 59.1 Å². The number of halogens is 1. The number of carbonyl (C=O) groups excluding carboxylic acids is 1. The van der Waals surface area contributed by atoms with E-state index in [1.54, 1.807) is 17.9 Å². The molecule has 136 valence electrons. The van der Waals surface area contributed by atoms with Crippen LogP contribution in [0.4, 0.5) is 10.1 Å². The molecule has 1 N–H and O–H groups in total. The molecule has 4 nitrogen and oxygen atoms in total. The Morgan fingerprint density at radius 2 is 1.84 bits per heavy atom. The Hall–Kier alpha value is -2.35. The minimum Gasteiger partial charge on any atom is -0.323 e. The van der Waals surface area contributed by atoms with Gasteiger partial charge < -0.3 is 10.2 Å². The first-order chi connectivity index (χ1) is 11.3. The molecular weight excluding hydrogens is 317 g/mol. The third kappa shape index (κ3) is 5.60. The zero-order valence-corrected chi connectivity index (χ0v) is 16.2. The Morgan fingerprint density at radius 3 is 2.28 bits per heavy atom. The molecule has 5 heteroatoms. The number of amides is 1. The lowest BCUT2D eigenvalue weighted by Gasteiger charge is -2.40. The second-order valence-electron chi connectivity index (χ2n) is 8.45. The molecule has 0 atom stereocenters. The van der Waals surface area contributed by atoms with Gasteiger partial charge in [-0.25, -0.2) is 4.39 Å². The molecule has 0 unspecified atom stereocenters. The molecule has 0 heterocycles. The number of hydrogen-bond donors (Lipinski definition) is 1. The maximum atomic E-state index is 14.2. The molecule has 0 aliphatic carbocycles. The average molecular weight is 345 g/mol. The fourth-order valence-corrected chi connectivity index (χ4v) is 2.62. The second-order valence-corrected chi connectivity index (χ2v) is 8.45. The van der Waals surface area contributed by atoms with Crippen molar-refractivity contribution in [1.82, 2.24) is 5.32 Å². The van der Waals surface area contributed by atoms with Crippen molar-refractivity contribution in [2.24, 2.45) is 5.41 Å². The summed E-state index contributed by atoms with van der Waals surface area (Å²) in [6.45, 7) is 17.4. The molecule has 1 rings (SSSR count). The number of carbonyl (C=O) groups is 1. The first-order valence-corrected chi connectivity index (χ1v) is 8.25. The van der Waals surface area contributed by atoms with Crippen LogP contribution in [0, 0.1) is 29.5 Å². The highest BCUT2D eigenvalue weighted by molar-refractivity contribution is 5.79. The zero-order chi connectivity index (χ0) is 19.6. The minimum absolute atomic E-state index is 0.152. The number of nitriles is 1. The van der Waals surface area contributed by atoms with Crippen LogP contribution in [0.15, 0.2) is 24.5 Å². The minimum atomic E-state index is -0.475. The van der Waals surface area contributed by atoms with Crippen LogP contribution in [-0.4, -0.2) is 11.4 Å². The van der Waals surface area contributed by atoms with Crippen molar-refractivity contribution in [1.29, 1.82) is 5.26 Å². The molecule has 0 radical (unpaired) electrons. The molecule has 0 aliphatic rings. The Balaban J connectivity index is 3.29. The molecule has 0 spiro atoms. The van der Waals surface area contributed by atoms with E-state index in [2.05, 4.69) is 11.9 Å². The highest BCUT2D eigenvalue weighted by atomic mass is 19.1. The van der Waals surface area contributed by atoms with Crippen LogP contribution >= 0.6 is 0 Å². The van der Waals surface area contributed by atoms with E-state index >= 15 is 0 Å². The van der Waals surface area contributed by atoms with Crippen LogP contribution in [0.5, 0.6) is 0 Å². The second kappa shape index (κ2) is 7.26. The fourth-order valence-electron chi connectivity index (χ4n) is 2.62. The van der Waals surface area contributed by atoms with Crippen molar-refractivity contribution in [2.75, 3.05) is 4.90 Å². The topological polar surface area (TPSA) is 56.1 Å². The van der Waals surface area contributed by atoms with Gasteiger partial charge in [-0.3, -0.25) is 4.79 Å². The lowest BCUT2D eigenvalue weighted by molar-refractivity contribution is -0.122. The summed E-state index contributed by atoms with van der Waals surface area (Å²) in [6, 6.07) is 4.79. The molecule has 0 aromatic heterocycles. The van der Waals surface area contributed by atoms with Crippen molar-refractivity contribution < 1.29 is 9.18 Å². The van der Waals surface area contributed by atoms with Gasteiger partial charge in [-0.2, -0.15) is 5.26 Å². The molecule has 1 amide bonds. The summed E-state index contributed by atoms with van der Waals surface area (Å²) >= 11 is 0. The third-order valence-corrected chi connectivity index (χ3v) is 3.60. The molecule has 0 saturated heterocycles. The van der Waals surface area contributed by atoms with Gasteiger partial charge in [0.2, 0.25) is 5.91 Å². The molecule has 25 heavy (non-hydrogen) atoms. The lowest BCUT2D eigenvalue weighted by Crippen LogP contribution is -2.46. The average Bonchev–Trinajstić information content (AvgIpc) is 2.39. The van der Waals surface area contributed by atoms with Crippen molar-refractivity contribution >= 4 is 11.6 Å². The summed E-state index contributed by atoms with van der Waals surface area (Å²) in [7, 11) is 0. The number of nitrogens with zero attached hydrogens (tertiary/aromatic N) is 2. The summed E-state index contributed by atoms with van der Waals surface area (Å²) in [5, 5.41) is 12.0. The zero-order valence-electron chi connectivity index (χ0n) is 16.2. The quantitative estimate of drug-likeness (QED) is 0.865. The van der Waals surface area contributed by atoms with Gasteiger partial charge in [0.15, 0.2) is 0 Å². The van der Waals surface area contributed by atoms with Gasteiger partial charge in [0.1, 0.15) is 11.6 Å². The Bertz CT molecular complexity index is 718. The van der Waals surface area contributed by atoms with Crippen LogP contribution in [0.2, 0.25) is 0 Å². The van der Waals surface area contributed by atoms with Crippen molar-refractivity contribution in [2.45, 2.75) is 60.4 Å². The van der Waals surface area contributed by atoms with Crippen molar-refractivity contribution in [3.8, 4) is 6.07 Å². The van der Waals surface area contributed by atoms with Crippen LogP contribution in [0.3, 0.4) is 0 Å². The molecule has 0 aliphatic heterocycles. The number of nitrogens with one attached hydrogen (secondary N) is 1. The number of rotatable bonds is 4. The fraction of sp³-hybridized carbons (Fsp3) is 0.500. The molecule has 0 bridgehead atoms. The summed E-state index contributed by atoms with van der Waals surface area (Å²) in [5.41, 5.74) is 0.517. The van der Waals surface area contributed by atoms with E-state index in [1.165, 1.54) is 6.07 Å². The van der Waals surface area contributed by atoms with Gasteiger partial charge in [-0.05, 0) is 45.2 Å². The van der Waals surface area contributed by atoms with Crippen molar-refractivity contribution in [3.05, 3.63) is 41.5 Å². The van der Waals surface area contributed by atoms with E-state index in [-0.39, 0.29) is 16.9 Å². The van der Waals surface area contributed by atoms with E-state index in [4.69, 9.17) is 5.26 Å². The number of anilines is 1. The highest BCUT2D eigenvalue weighted by Crippen LogP contribution is 2.32. The van der Waals surface area contributed by atoms with E-state index in [0.717, 1.165) is 0 Å². The largest absolute Gasteiger partial charge is 0.323 e. The lowest BCUT2D eigenvalue weighted by atomic mass is 9.92. The monoisotopic (exact) mass is 345 g/mol. The van der Waals surface area contributed by atoms with E-state index in [0.29, 0.717) is 23.5 Å². The van der Waals surface area contributed by atoms with Gasteiger partial charge in [0, 0.05) is 23.2 Å². The van der Waals surface area contributed by atoms with Gasteiger partial charge in [0.25, 0.3) is 0 Å². The maximum Gasteiger partial charge on any atom is 0.225 e. The van der Waals surface area contributed by atoms with Crippen molar-refractivity contribution in [3.63, 3.8) is 0 Å². The predicted molar refractivity (Wildman–Crippen MR) is 99.4 cm³/mol. The smallest absolute Gasteiger partial charge is 0.225 e. The van der Waals surface area contributed by atoms with Crippen LogP contribution in [-0.2, 0) is 4.79 Å². The van der Waals surface area contributed by atoms with Gasteiger partial charge >= 0.3 is 0 Å². The Morgan fingerprint density at radius 1 is 1.28 bits per heavy atom. The van der Waals surface area contributed by atoms with Crippen LogP contribution in [0.25, 0.3) is 0 Å². The van der Waals surface area contributed by atoms with Gasteiger partial charge in [0.05, 0.1) is 11.6 Å². The summed E-state index contributed by atoms with van der Waals surface area (Å²) in [6.07, 6.45) is 0.343. The normalized spacial score (nSPS) is 11.6. The maximum absolute atomic E-state index is 14.2. The first kappa shape index (κ1) is 20.7. The molecule has 1 aromatic rings. The van der Waals surface area contributed by atoms with Gasteiger partial charge in [-0.15, -0.1) is 0 Å². The SMILES string of the molecule is C=C(NC(=O)CC(C)(C)C)N(c1cc(C#N)cc(F)c1C)C(C)(C)C. The number of hydrogen-bond acceptors (Lipinski definition) is 3. The van der Waals surface area contributed by atoms with E-state index in [1.807, 2.05) is 47.6 Å². The molecule has 0 saturated carbocycles. The molecule has 0 fully saturated rings. The highest BCUT2D eigenvalue weighted by Gasteiger charge is 2.28. The Kier molecular flexibility index (Phi) is 6.01. The standard InChI is InChI=1S/C20H28FN3O/c1-13-16(21)9-15(12-22)10-17(13)24(20(6,7)8)14(2)23-18(25)11-19(3,4)5/h9-10H,2,11H2,1,3-8H3,(H,23,25). The Labute approximate surface area is 150 Å². The van der Waals surface area contributed by atoms with Gasteiger partial charge in [-0.1, -0.05) is 27.4 Å². The number of benzene rings is 1. The summed E-state index contributed by atoms with van der Waals surface area (Å²) in [4.78, 5) is 14.0. The molecular formula is C20H28FN3O. The van der Waals surface area contributed by atoms with E-state index in [9.17, 15) is 9.18 Å². The summed E-state index contributed by atoms with van der Waals surface area (Å²) in [5.74, 6) is -0.252. The van der Waals surface area contributed by atoms with E-state index < -0.39 is 11.4 Å². The van der Waals surface area contributed by atoms with Crippen LogP contribution < -0.4 is 10.2 Å². The predicted octanol–water partition coefficient (Wildman–Crippen LogP) is 4.63. The molecule has 1 aromatic carbocycles. The third-order valence-electron chi connectivity index (χ3n) is 3.60. The summed E-state index contributed by atoms with van der Waals surface area (Å²) < 4.78 is 14.2.